The van der Waals surface area contributed by atoms with Gasteiger partial charge in [0.2, 0.25) is 0 Å². The van der Waals surface area contributed by atoms with Gasteiger partial charge in [-0.15, -0.1) is 0 Å². The van der Waals surface area contributed by atoms with Crippen LogP contribution in [-0.4, -0.2) is 20.4 Å². The molecule has 1 N–H and O–H groups in total. The van der Waals surface area contributed by atoms with Gasteiger partial charge < -0.3 is 0 Å². The fourth-order valence-electron chi connectivity index (χ4n) is 2.09. The SMILES string of the molecule is CNC1=C(C)C(C)=C(C)[PH]1(C)C. The van der Waals surface area contributed by atoms with E-state index >= 15 is 0 Å². The van der Waals surface area contributed by atoms with Gasteiger partial charge in [0.25, 0.3) is 0 Å². The molecular weight excluding hydrogens is 165 g/mol. The van der Waals surface area contributed by atoms with Crippen LogP contribution in [0.25, 0.3) is 0 Å². The molecule has 1 nitrogen and oxygen atoms in total. The third-order valence-corrected chi connectivity index (χ3v) is 7.44. The van der Waals surface area contributed by atoms with Crippen LogP contribution in [0.4, 0.5) is 0 Å². The van der Waals surface area contributed by atoms with Crippen molar-refractivity contribution in [2.75, 3.05) is 20.4 Å². The third kappa shape index (κ3) is 1.11. The Bertz CT molecular complexity index is 272. The third-order valence-electron chi connectivity index (χ3n) is 3.31. The van der Waals surface area contributed by atoms with E-state index in [0.717, 1.165) is 0 Å². The predicted octanol–water partition coefficient (Wildman–Crippen LogP) is 2.75. The fraction of sp³-hybridized carbons (Fsp3) is 0.600. The number of allylic oxidation sites excluding steroid dienone is 3. The van der Waals surface area contributed by atoms with Crippen molar-refractivity contribution in [2.24, 2.45) is 0 Å². The predicted molar refractivity (Wildman–Crippen MR) is 60.3 cm³/mol. The number of nitrogens with one attached hydrogen (secondary N) is 1. The van der Waals surface area contributed by atoms with Crippen molar-refractivity contribution >= 4 is 7.26 Å². The van der Waals surface area contributed by atoms with Crippen molar-refractivity contribution in [2.45, 2.75) is 20.8 Å². The molecule has 0 aromatic heterocycles. The molecule has 0 spiro atoms. The molecule has 2 heteroatoms. The zero-order valence-electron chi connectivity index (χ0n) is 9.00. The van der Waals surface area contributed by atoms with E-state index in [4.69, 9.17) is 0 Å². The van der Waals surface area contributed by atoms with Crippen LogP contribution < -0.4 is 5.32 Å². The maximum atomic E-state index is 3.36. The molecule has 0 bridgehead atoms. The van der Waals surface area contributed by atoms with Gasteiger partial charge in [0.1, 0.15) is 0 Å². The molecule has 0 aromatic rings. The van der Waals surface area contributed by atoms with E-state index in [1.54, 1.807) is 5.31 Å². The number of rotatable bonds is 1. The van der Waals surface area contributed by atoms with E-state index in [1.807, 2.05) is 7.05 Å². The molecule has 0 aromatic carbocycles. The summed E-state index contributed by atoms with van der Waals surface area (Å²) in [5.41, 5.74) is 4.50. The quantitative estimate of drug-likeness (QED) is 0.619. The standard InChI is InChI=1S/C10H20NP/c1-7-8(2)10(11-4)12(5,6)9(7)3/h11-12H,1-6H3. The first-order chi connectivity index (χ1) is 5.42. The second-order valence-electron chi connectivity index (χ2n) is 4.12. The molecule has 0 unspecified atom stereocenters. The summed E-state index contributed by atoms with van der Waals surface area (Å²) in [5.74, 6) is 0. The average Bonchev–Trinajstić information content (AvgIpc) is 2.13. The van der Waals surface area contributed by atoms with Crippen LogP contribution in [0.2, 0.25) is 0 Å². The Morgan fingerprint density at radius 2 is 1.50 bits per heavy atom. The Hall–Kier alpha value is -0.290. The summed E-state index contributed by atoms with van der Waals surface area (Å²) in [6.45, 7) is 11.6. The van der Waals surface area contributed by atoms with Crippen molar-refractivity contribution in [3.63, 3.8) is 0 Å². The van der Waals surface area contributed by atoms with Gasteiger partial charge in [-0.1, -0.05) is 0 Å². The molecule has 0 aliphatic carbocycles. The van der Waals surface area contributed by atoms with Crippen LogP contribution in [-0.2, 0) is 0 Å². The summed E-state index contributed by atoms with van der Waals surface area (Å²) < 4.78 is 0. The van der Waals surface area contributed by atoms with Gasteiger partial charge >= 0.3 is 75.6 Å². The molecule has 1 heterocycles. The molecule has 0 saturated carbocycles. The summed E-state index contributed by atoms with van der Waals surface area (Å²) >= 11 is 0. The van der Waals surface area contributed by atoms with Crippen molar-refractivity contribution < 1.29 is 0 Å². The Morgan fingerprint density at radius 1 is 1.00 bits per heavy atom. The molecule has 0 fully saturated rings. The zero-order chi connectivity index (χ0) is 9.52. The second-order valence-corrected chi connectivity index (χ2v) is 8.62. The van der Waals surface area contributed by atoms with Crippen molar-refractivity contribution in [3.8, 4) is 0 Å². The van der Waals surface area contributed by atoms with Gasteiger partial charge in [0.05, 0.1) is 0 Å². The first kappa shape index (κ1) is 9.80. The van der Waals surface area contributed by atoms with Gasteiger partial charge in [0.15, 0.2) is 0 Å². The van der Waals surface area contributed by atoms with Crippen LogP contribution >= 0.6 is 7.26 Å². The summed E-state index contributed by atoms with van der Waals surface area (Å²) in [7, 11) is 0.790. The molecule has 1 aliphatic heterocycles. The van der Waals surface area contributed by atoms with Gasteiger partial charge in [-0.2, -0.15) is 0 Å². The van der Waals surface area contributed by atoms with E-state index in [-0.39, 0.29) is 0 Å². The molecule has 0 amide bonds. The Kier molecular flexibility index (Phi) is 2.35. The fourth-order valence-corrected chi connectivity index (χ4v) is 5.34. The molecule has 1 aliphatic rings. The van der Waals surface area contributed by atoms with Crippen molar-refractivity contribution in [1.29, 1.82) is 0 Å². The monoisotopic (exact) mass is 185 g/mol. The first-order valence-electron chi connectivity index (χ1n) is 4.50. The van der Waals surface area contributed by atoms with Crippen molar-refractivity contribution in [1.82, 2.24) is 5.32 Å². The van der Waals surface area contributed by atoms with Gasteiger partial charge in [-0.3, -0.25) is 0 Å². The molecule has 0 atom stereocenters. The molecule has 0 saturated heterocycles. The Balaban J connectivity index is 3.23. The van der Waals surface area contributed by atoms with E-state index in [1.165, 1.54) is 16.6 Å². The average molecular weight is 185 g/mol. The van der Waals surface area contributed by atoms with E-state index in [0.29, 0.717) is 0 Å². The van der Waals surface area contributed by atoms with Crippen LogP contribution in [0.5, 0.6) is 0 Å². The van der Waals surface area contributed by atoms with Crippen LogP contribution in [0.3, 0.4) is 0 Å². The van der Waals surface area contributed by atoms with E-state index in [9.17, 15) is 0 Å². The minimum atomic E-state index is -1.25. The second kappa shape index (κ2) is 2.88. The summed E-state index contributed by atoms with van der Waals surface area (Å²) in [6, 6.07) is 0. The Labute approximate surface area is 76.3 Å². The van der Waals surface area contributed by atoms with E-state index < -0.39 is 7.26 Å². The molecule has 12 heavy (non-hydrogen) atoms. The van der Waals surface area contributed by atoms with Crippen LogP contribution in [0.1, 0.15) is 20.8 Å². The van der Waals surface area contributed by atoms with Gasteiger partial charge in [0, 0.05) is 0 Å². The van der Waals surface area contributed by atoms with Crippen LogP contribution in [0.15, 0.2) is 21.9 Å². The maximum absolute atomic E-state index is 3.36. The summed E-state index contributed by atoms with van der Waals surface area (Å²) in [5, 5.41) is 4.99. The normalized spacial score (nSPS) is 24.8. The van der Waals surface area contributed by atoms with Gasteiger partial charge in [-0.25, -0.2) is 0 Å². The first-order valence-corrected chi connectivity index (χ1v) is 7.50. The molecular formula is C10H20NP. The molecule has 0 radical (unpaired) electrons. The van der Waals surface area contributed by atoms with Crippen molar-refractivity contribution in [3.05, 3.63) is 21.9 Å². The number of hydrogen-bond acceptors (Lipinski definition) is 1. The summed E-state index contributed by atoms with van der Waals surface area (Å²) in [6.07, 6.45) is 0. The molecule has 1 rings (SSSR count). The zero-order valence-corrected chi connectivity index (χ0v) is 10.0. The molecule has 70 valence electrons. The topological polar surface area (TPSA) is 12.0 Å². The minimum absolute atomic E-state index is 1.25. The number of hydrogen-bond donors (Lipinski definition) is 1. The summed E-state index contributed by atoms with van der Waals surface area (Å²) in [4.78, 5) is 0. The van der Waals surface area contributed by atoms with E-state index in [2.05, 4.69) is 39.4 Å². The Morgan fingerprint density at radius 3 is 1.67 bits per heavy atom. The van der Waals surface area contributed by atoms with Crippen LogP contribution in [0, 0.1) is 0 Å². The van der Waals surface area contributed by atoms with Gasteiger partial charge in [-0.05, 0) is 0 Å².